The molecular formula is C17H23N3O3S. The third kappa shape index (κ3) is 3.38. The minimum absolute atomic E-state index is 0.0776. The van der Waals surface area contributed by atoms with Gasteiger partial charge in [0.1, 0.15) is 4.90 Å². The van der Waals surface area contributed by atoms with E-state index in [9.17, 15) is 13.5 Å². The first-order valence-electron chi connectivity index (χ1n) is 8.10. The van der Waals surface area contributed by atoms with Gasteiger partial charge in [0.25, 0.3) is 0 Å². The Morgan fingerprint density at radius 1 is 1.29 bits per heavy atom. The highest BCUT2D eigenvalue weighted by Gasteiger charge is 2.36. The second kappa shape index (κ2) is 6.66. The number of hydrogen-bond acceptors (Lipinski definition) is 4. The lowest BCUT2D eigenvalue weighted by Gasteiger charge is -2.35. The van der Waals surface area contributed by atoms with Crippen molar-refractivity contribution in [2.45, 2.75) is 30.8 Å². The zero-order valence-corrected chi connectivity index (χ0v) is 14.8. The van der Waals surface area contributed by atoms with Crippen LogP contribution in [0.3, 0.4) is 0 Å². The van der Waals surface area contributed by atoms with Crippen LogP contribution in [0.2, 0.25) is 0 Å². The van der Waals surface area contributed by atoms with Gasteiger partial charge >= 0.3 is 0 Å². The Hall–Kier alpha value is -1.70. The molecule has 0 bridgehead atoms. The van der Waals surface area contributed by atoms with Crippen molar-refractivity contribution in [1.29, 1.82) is 0 Å². The molecule has 1 aliphatic heterocycles. The molecule has 1 N–H and O–H groups in total. The number of aryl methyl sites for hydroxylation is 2. The number of aromatic nitrogens is 2. The number of β-amino-alcohol motifs (C(OH)–C–C–N with tert-alkyl or cyclic N) is 1. The van der Waals surface area contributed by atoms with E-state index in [4.69, 9.17) is 0 Å². The highest BCUT2D eigenvalue weighted by Crippen LogP contribution is 2.27. The molecule has 0 radical (unpaired) electrons. The van der Waals surface area contributed by atoms with Crippen LogP contribution in [0.15, 0.2) is 41.4 Å². The lowest BCUT2D eigenvalue weighted by atomic mass is 9.89. The maximum atomic E-state index is 12.8. The van der Waals surface area contributed by atoms with Crippen molar-refractivity contribution in [3.05, 3.63) is 47.8 Å². The molecule has 2 aromatic rings. The van der Waals surface area contributed by atoms with E-state index in [1.165, 1.54) is 20.7 Å². The summed E-state index contributed by atoms with van der Waals surface area (Å²) in [7, 11) is -1.91. The molecule has 0 spiro atoms. The van der Waals surface area contributed by atoms with Crippen LogP contribution in [0.1, 0.15) is 17.7 Å². The van der Waals surface area contributed by atoms with Crippen molar-refractivity contribution >= 4 is 10.0 Å². The molecule has 7 heteroatoms. The molecule has 24 heavy (non-hydrogen) atoms. The number of aliphatic hydroxyl groups excluding tert-OH is 1. The fourth-order valence-electron chi connectivity index (χ4n) is 3.29. The quantitative estimate of drug-likeness (QED) is 0.904. The third-order valence-corrected chi connectivity index (χ3v) is 6.58. The molecular weight excluding hydrogens is 326 g/mol. The maximum absolute atomic E-state index is 12.8. The summed E-state index contributed by atoms with van der Waals surface area (Å²) in [6.45, 7) is 2.24. The Kier molecular flexibility index (Phi) is 4.76. The average Bonchev–Trinajstić information content (AvgIpc) is 2.89. The van der Waals surface area contributed by atoms with Gasteiger partial charge < -0.3 is 5.11 Å². The molecule has 2 atom stereocenters. The average molecular weight is 349 g/mol. The van der Waals surface area contributed by atoms with E-state index in [1.54, 1.807) is 14.0 Å². The molecule has 0 unspecified atom stereocenters. The van der Waals surface area contributed by atoms with Crippen molar-refractivity contribution in [2.24, 2.45) is 13.0 Å². The normalized spacial score (nSPS) is 22.6. The van der Waals surface area contributed by atoms with Gasteiger partial charge in [0, 0.05) is 26.3 Å². The first-order valence-corrected chi connectivity index (χ1v) is 9.54. The number of rotatable bonds is 4. The second-order valence-corrected chi connectivity index (χ2v) is 8.33. The van der Waals surface area contributed by atoms with Gasteiger partial charge in [-0.25, -0.2) is 8.42 Å². The van der Waals surface area contributed by atoms with Gasteiger partial charge in [0.15, 0.2) is 0 Å². The van der Waals surface area contributed by atoms with Crippen LogP contribution in [0.4, 0.5) is 0 Å². The van der Waals surface area contributed by atoms with Crippen molar-refractivity contribution < 1.29 is 13.5 Å². The van der Waals surface area contributed by atoms with Crippen LogP contribution in [0.5, 0.6) is 0 Å². The van der Waals surface area contributed by atoms with Crippen molar-refractivity contribution in [3.8, 4) is 0 Å². The minimum Gasteiger partial charge on any atom is -0.391 e. The summed E-state index contributed by atoms with van der Waals surface area (Å²) >= 11 is 0. The lowest BCUT2D eigenvalue weighted by molar-refractivity contribution is 0.0520. The van der Waals surface area contributed by atoms with E-state index < -0.39 is 16.1 Å². The molecule has 130 valence electrons. The number of piperidine rings is 1. The first kappa shape index (κ1) is 17.1. The molecule has 1 fully saturated rings. The number of aliphatic hydroxyl groups is 1. The predicted octanol–water partition coefficient (Wildman–Crippen LogP) is 1.34. The van der Waals surface area contributed by atoms with E-state index in [0.717, 1.165) is 6.42 Å². The van der Waals surface area contributed by atoms with Crippen LogP contribution in [0.25, 0.3) is 0 Å². The Morgan fingerprint density at radius 3 is 2.58 bits per heavy atom. The standard InChI is InChI=1S/C17H23N3O3S/c1-13-17(12-19(2)18-13)24(22,23)20-9-8-15(16(21)11-20)10-14-6-4-3-5-7-14/h3-7,12,15-16,21H,8-11H2,1-2H3/t15-,16+/m1/s1. The van der Waals surface area contributed by atoms with Crippen LogP contribution in [0, 0.1) is 12.8 Å². The Morgan fingerprint density at radius 2 is 2.00 bits per heavy atom. The number of sulfonamides is 1. The van der Waals surface area contributed by atoms with Crippen molar-refractivity contribution in [3.63, 3.8) is 0 Å². The van der Waals surface area contributed by atoms with Gasteiger partial charge in [-0.3, -0.25) is 4.68 Å². The molecule has 1 aliphatic rings. The predicted molar refractivity (Wildman–Crippen MR) is 91.0 cm³/mol. The molecule has 1 aromatic heterocycles. The molecule has 0 amide bonds. The zero-order valence-electron chi connectivity index (χ0n) is 14.0. The summed E-state index contributed by atoms with van der Waals surface area (Å²) in [4.78, 5) is 0.221. The van der Waals surface area contributed by atoms with Gasteiger partial charge in [-0.05, 0) is 31.2 Å². The highest BCUT2D eigenvalue weighted by atomic mass is 32.2. The van der Waals surface area contributed by atoms with Gasteiger partial charge in [-0.1, -0.05) is 30.3 Å². The van der Waals surface area contributed by atoms with E-state index in [-0.39, 0.29) is 17.4 Å². The number of hydrogen-bond donors (Lipinski definition) is 1. The summed E-state index contributed by atoms with van der Waals surface area (Å²) in [6.07, 6.45) is 2.27. The Bertz CT molecular complexity index is 802. The van der Waals surface area contributed by atoms with Crippen LogP contribution in [-0.2, 0) is 23.5 Å². The van der Waals surface area contributed by atoms with E-state index in [1.807, 2.05) is 30.3 Å². The molecule has 1 saturated heterocycles. The van der Waals surface area contributed by atoms with Gasteiger partial charge in [-0.2, -0.15) is 9.40 Å². The molecule has 3 rings (SSSR count). The molecule has 6 nitrogen and oxygen atoms in total. The molecule has 1 aromatic carbocycles. The first-order chi connectivity index (χ1) is 11.4. The molecule has 2 heterocycles. The van der Waals surface area contributed by atoms with Crippen LogP contribution >= 0.6 is 0 Å². The Balaban J connectivity index is 1.72. The molecule has 0 aliphatic carbocycles. The van der Waals surface area contributed by atoms with E-state index in [2.05, 4.69) is 5.10 Å². The van der Waals surface area contributed by atoms with Gasteiger partial charge in [-0.15, -0.1) is 0 Å². The number of benzene rings is 1. The summed E-state index contributed by atoms with van der Waals surface area (Å²) in [5, 5.41) is 14.6. The van der Waals surface area contributed by atoms with E-state index >= 15 is 0 Å². The molecule has 0 saturated carbocycles. The highest BCUT2D eigenvalue weighted by molar-refractivity contribution is 7.89. The summed E-state index contributed by atoms with van der Waals surface area (Å²) in [6, 6.07) is 9.99. The largest absolute Gasteiger partial charge is 0.391 e. The summed E-state index contributed by atoms with van der Waals surface area (Å²) < 4.78 is 28.5. The van der Waals surface area contributed by atoms with Gasteiger partial charge in [0.2, 0.25) is 10.0 Å². The van der Waals surface area contributed by atoms with Crippen molar-refractivity contribution in [2.75, 3.05) is 13.1 Å². The Labute approximate surface area is 142 Å². The zero-order chi connectivity index (χ0) is 17.3. The second-order valence-electron chi connectivity index (χ2n) is 6.42. The fraction of sp³-hybridized carbons (Fsp3) is 0.471. The summed E-state index contributed by atoms with van der Waals surface area (Å²) in [5.41, 5.74) is 1.65. The van der Waals surface area contributed by atoms with Crippen molar-refractivity contribution in [1.82, 2.24) is 14.1 Å². The maximum Gasteiger partial charge on any atom is 0.246 e. The summed E-state index contributed by atoms with van der Waals surface area (Å²) in [5.74, 6) is 0.0776. The topological polar surface area (TPSA) is 75.4 Å². The SMILES string of the molecule is Cc1nn(C)cc1S(=O)(=O)N1CC[C@H](Cc2ccccc2)[C@@H](O)C1. The lowest BCUT2D eigenvalue weighted by Crippen LogP contribution is -2.47. The van der Waals surface area contributed by atoms with Crippen LogP contribution < -0.4 is 0 Å². The van der Waals surface area contributed by atoms with Gasteiger partial charge in [0.05, 0.1) is 11.8 Å². The minimum atomic E-state index is -3.61. The smallest absolute Gasteiger partial charge is 0.246 e. The van der Waals surface area contributed by atoms with E-state index in [0.29, 0.717) is 18.7 Å². The fourth-order valence-corrected chi connectivity index (χ4v) is 4.97. The third-order valence-electron chi connectivity index (χ3n) is 4.61. The van der Waals surface area contributed by atoms with Crippen LogP contribution in [-0.4, -0.2) is 46.8 Å². The monoisotopic (exact) mass is 349 g/mol. The number of nitrogens with zero attached hydrogens (tertiary/aromatic N) is 3.